The fourth-order valence-corrected chi connectivity index (χ4v) is 1.45. The van der Waals surface area contributed by atoms with Gasteiger partial charge in [0.05, 0.1) is 0 Å². The molecule has 0 amide bonds. The maximum Gasteiger partial charge on any atom is 0.165 e. The Bertz CT molecular complexity index is 289. The molecule has 0 fully saturated rings. The Morgan fingerprint density at radius 1 is 1.42 bits per heavy atom. The first kappa shape index (κ1) is 9.48. The molecule has 0 aliphatic rings. The van der Waals surface area contributed by atoms with Crippen molar-refractivity contribution in [3.63, 3.8) is 0 Å². The molecule has 4 heteroatoms. The molecular weight excluding hydrogens is 227 g/mol. The Labute approximate surface area is 77.8 Å². The number of benzene rings is 1. The third-order valence-corrected chi connectivity index (χ3v) is 2.28. The summed E-state index contributed by atoms with van der Waals surface area (Å²) in [6, 6.07) is 2.67. The highest BCUT2D eigenvalue weighted by atomic mass is 79.9. The van der Waals surface area contributed by atoms with Crippen molar-refractivity contribution in [2.75, 3.05) is 6.61 Å². The van der Waals surface area contributed by atoms with Gasteiger partial charge in [-0.25, -0.2) is 4.39 Å². The Morgan fingerprint density at radius 3 is 2.67 bits per heavy atom. The first-order chi connectivity index (χ1) is 5.66. The lowest BCUT2D eigenvalue weighted by molar-refractivity contribution is 0.296. The molecule has 12 heavy (non-hydrogen) atoms. The normalized spacial score (nSPS) is 10.2. The molecule has 0 aliphatic carbocycles. The van der Waals surface area contributed by atoms with Crippen LogP contribution in [0.3, 0.4) is 0 Å². The minimum atomic E-state index is -0.665. The standard InChI is InChI=1S/C8H8BrFO2/c9-6-1-2-7(10)8(12)5(6)3-4-11/h1-2,11-12H,3-4H2. The molecule has 1 aromatic rings. The summed E-state index contributed by atoms with van der Waals surface area (Å²) in [5.74, 6) is -1.06. The van der Waals surface area contributed by atoms with Crippen molar-refractivity contribution in [1.29, 1.82) is 0 Å². The lowest BCUT2D eigenvalue weighted by Gasteiger charge is -2.05. The number of phenolic OH excluding ortho intramolecular Hbond substituents is 1. The fraction of sp³-hybridized carbons (Fsp3) is 0.250. The number of halogens is 2. The zero-order valence-electron chi connectivity index (χ0n) is 6.22. The van der Waals surface area contributed by atoms with E-state index in [0.717, 1.165) is 0 Å². The average molecular weight is 235 g/mol. The van der Waals surface area contributed by atoms with Crippen molar-refractivity contribution in [2.45, 2.75) is 6.42 Å². The van der Waals surface area contributed by atoms with Crippen molar-refractivity contribution in [3.05, 3.63) is 28.0 Å². The first-order valence-corrected chi connectivity index (χ1v) is 4.23. The van der Waals surface area contributed by atoms with Crippen LogP contribution in [0.1, 0.15) is 5.56 Å². The smallest absolute Gasteiger partial charge is 0.165 e. The summed E-state index contributed by atoms with van der Waals surface area (Å²) < 4.78 is 13.3. The van der Waals surface area contributed by atoms with E-state index in [-0.39, 0.29) is 13.0 Å². The molecule has 0 bridgehead atoms. The number of aromatic hydroxyl groups is 1. The molecule has 0 spiro atoms. The number of hydrogen-bond donors (Lipinski definition) is 2. The molecule has 1 aromatic carbocycles. The summed E-state index contributed by atoms with van der Waals surface area (Å²) in [4.78, 5) is 0. The molecule has 0 unspecified atom stereocenters. The summed E-state index contributed by atoms with van der Waals surface area (Å²) in [6.45, 7) is -0.115. The summed E-state index contributed by atoms with van der Waals surface area (Å²) in [7, 11) is 0. The number of phenols is 1. The highest BCUT2D eigenvalue weighted by Gasteiger charge is 2.09. The van der Waals surface area contributed by atoms with Crippen LogP contribution in [0.5, 0.6) is 5.75 Å². The fourth-order valence-electron chi connectivity index (χ4n) is 0.933. The third-order valence-electron chi connectivity index (χ3n) is 1.54. The number of hydrogen-bond acceptors (Lipinski definition) is 2. The molecule has 0 atom stereocenters. The predicted octanol–water partition coefficient (Wildman–Crippen LogP) is 1.83. The molecule has 2 N–H and O–H groups in total. The van der Waals surface area contributed by atoms with Crippen molar-refractivity contribution in [1.82, 2.24) is 0 Å². The van der Waals surface area contributed by atoms with E-state index < -0.39 is 11.6 Å². The van der Waals surface area contributed by atoms with E-state index in [1.807, 2.05) is 0 Å². The quantitative estimate of drug-likeness (QED) is 0.820. The van der Waals surface area contributed by atoms with E-state index in [0.29, 0.717) is 10.0 Å². The molecule has 0 aromatic heterocycles. The van der Waals surface area contributed by atoms with E-state index in [4.69, 9.17) is 5.11 Å². The van der Waals surface area contributed by atoms with Crippen LogP contribution in [-0.4, -0.2) is 16.8 Å². The highest BCUT2D eigenvalue weighted by molar-refractivity contribution is 9.10. The summed E-state index contributed by atoms with van der Waals surface area (Å²) in [5, 5.41) is 17.8. The minimum Gasteiger partial charge on any atom is -0.505 e. The van der Waals surface area contributed by atoms with E-state index in [2.05, 4.69) is 15.9 Å². The second kappa shape index (κ2) is 3.87. The van der Waals surface area contributed by atoms with E-state index in [1.54, 1.807) is 0 Å². The van der Waals surface area contributed by atoms with Gasteiger partial charge in [0.1, 0.15) is 0 Å². The maximum atomic E-state index is 12.7. The maximum absolute atomic E-state index is 12.7. The van der Waals surface area contributed by atoms with Gasteiger partial charge >= 0.3 is 0 Å². The molecule has 0 saturated carbocycles. The third kappa shape index (κ3) is 1.76. The number of aliphatic hydroxyl groups excluding tert-OH is 1. The largest absolute Gasteiger partial charge is 0.505 e. The average Bonchev–Trinajstić information content (AvgIpc) is 2.06. The molecule has 66 valence electrons. The molecule has 0 aliphatic heterocycles. The number of rotatable bonds is 2. The van der Waals surface area contributed by atoms with Crippen molar-refractivity contribution < 1.29 is 14.6 Å². The van der Waals surface area contributed by atoms with Crippen molar-refractivity contribution in [2.24, 2.45) is 0 Å². The van der Waals surface area contributed by atoms with Crippen LogP contribution in [0.2, 0.25) is 0 Å². The molecule has 1 rings (SSSR count). The molecule has 0 heterocycles. The predicted molar refractivity (Wildman–Crippen MR) is 46.6 cm³/mol. The van der Waals surface area contributed by atoms with Gasteiger partial charge in [-0.1, -0.05) is 15.9 Å². The van der Waals surface area contributed by atoms with Crippen LogP contribution < -0.4 is 0 Å². The lowest BCUT2D eigenvalue weighted by atomic mass is 10.1. The second-order valence-corrected chi connectivity index (χ2v) is 3.18. The summed E-state index contributed by atoms with van der Waals surface area (Å²) >= 11 is 3.14. The van der Waals surface area contributed by atoms with Crippen LogP contribution in [0.4, 0.5) is 4.39 Å². The van der Waals surface area contributed by atoms with Gasteiger partial charge in [0.15, 0.2) is 11.6 Å². The minimum absolute atomic E-state index is 0.115. The molecule has 2 nitrogen and oxygen atoms in total. The van der Waals surface area contributed by atoms with Gasteiger partial charge in [-0.2, -0.15) is 0 Å². The SMILES string of the molecule is OCCc1c(Br)ccc(F)c1O. The number of aliphatic hydroxyl groups is 1. The van der Waals surface area contributed by atoms with Crippen LogP contribution in [-0.2, 0) is 6.42 Å². The van der Waals surface area contributed by atoms with Gasteiger partial charge in [-0.15, -0.1) is 0 Å². The Hall–Kier alpha value is -0.610. The summed E-state index contributed by atoms with van der Waals surface area (Å²) in [6.07, 6.45) is 0.240. The van der Waals surface area contributed by atoms with Gasteiger partial charge in [-0.3, -0.25) is 0 Å². The van der Waals surface area contributed by atoms with E-state index in [9.17, 15) is 9.50 Å². The first-order valence-electron chi connectivity index (χ1n) is 3.43. The Kier molecular flexibility index (Phi) is 3.05. The zero-order valence-corrected chi connectivity index (χ0v) is 7.81. The van der Waals surface area contributed by atoms with Crippen LogP contribution >= 0.6 is 15.9 Å². The molecular formula is C8H8BrFO2. The van der Waals surface area contributed by atoms with Crippen molar-refractivity contribution >= 4 is 15.9 Å². The van der Waals surface area contributed by atoms with Crippen molar-refractivity contribution in [3.8, 4) is 5.75 Å². The van der Waals surface area contributed by atoms with Crippen LogP contribution in [0.15, 0.2) is 16.6 Å². The van der Waals surface area contributed by atoms with Gasteiger partial charge < -0.3 is 10.2 Å². The summed E-state index contributed by atoms with van der Waals surface area (Å²) in [5.41, 5.74) is 0.400. The monoisotopic (exact) mass is 234 g/mol. The Balaban J connectivity index is 3.14. The van der Waals surface area contributed by atoms with Crippen LogP contribution in [0.25, 0.3) is 0 Å². The second-order valence-electron chi connectivity index (χ2n) is 2.33. The highest BCUT2D eigenvalue weighted by Crippen LogP contribution is 2.28. The van der Waals surface area contributed by atoms with E-state index >= 15 is 0 Å². The van der Waals surface area contributed by atoms with Crippen LogP contribution in [0, 0.1) is 5.82 Å². The molecule has 0 radical (unpaired) electrons. The lowest BCUT2D eigenvalue weighted by Crippen LogP contribution is -1.94. The molecule has 0 saturated heterocycles. The Morgan fingerprint density at radius 2 is 2.08 bits per heavy atom. The van der Waals surface area contributed by atoms with Gasteiger partial charge in [0.2, 0.25) is 0 Å². The topological polar surface area (TPSA) is 40.5 Å². The van der Waals surface area contributed by atoms with Gasteiger partial charge in [0, 0.05) is 23.1 Å². The van der Waals surface area contributed by atoms with Gasteiger partial charge in [0.25, 0.3) is 0 Å². The van der Waals surface area contributed by atoms with Gasteiger partial charge in [-0.05, 0) is 12.1 Å². The van der Waals surface area contributed by atoms with E-state index in [1.165, 1.54) is 12.1 Å². The zero-order chi connectivity index (χ0) is 9.14.